The summed E-state index contributed by atoms with van der Waals surface area (Å²) in [5, 5.41) is 3.75. The maximum Gasteiger partial charge on any atom is 0.274 e. The molecule has 1 unspecified atom stereocenters. The summed E-state index contributed by atoms with van der Waals surface area (Å²) >= 11 is -1.12. The van der Waals surface area contributed by atoms with Crippen LogP contribution in [0.15, 0.2) is 90.1 Å². The topological polar surface area (TPSA) is 130 Å². The Balaban J connectivity index is 1.51. The Kier molecular flexibility index (Phi) is 6.57. The third-order valence-electron chi connectivity index (χ3n) is 5.62. The van der Waals surface area contributed by atoms with E-state index in [-0.39, 0.29) is 18.1 Å². The van der Waals surface area contributed by atoms with Crippen LogP contribution in [0.2, 0.25) is 0 Å². The van der Waals surface area contributed by atoms with Crippen molar-refractivity contribution < 1.29 is 9.35 Å². The highest BCUT2D eigenvalue weighted by molar-refractivity contribution is 7.90. The first-order valence-corrected chi connectivity index (χ1v) is 12.7. The van der Waals surface area contributed by atoms with Crippen molar-refractivity contribution in [2.24, 2.45) is 0 Å². The van der Waals surface area contributed by atoms with Gasteiger partial charge in [-0.15, -0.1) is 0 Å². The predicted molar refractivity (Wildman–Crippen MR) is 140 cm³/mol. The molecule has 3 aromatic heterocycles. The Morgan fingerprint density at radius 2 is 1.75 bits per heavy atom. The maximum absolute atomic E-state index is 13.1. The van der Waals surface area contributed by atoms with Gasteiger partial charge in [-0.2, -0.15) is 0 Å². The molecular formula is C27H22N6O2S. The number of amides is 1. The highest BCUT2D eigenvalue weighted by atomic mass is 32.2. The quantitative estimate of drug-likeness (QED) is 0.341. The van der Waals surface area contributed by atoms with Gasteiger partial charge in [-0.1, -0.05) is 42.5 Å². The Morgan fingerprint density at radius 3 is 2.50 bits per heavy atom. The van der Waals surface area contributed by atoms with Crippen LogP contribution in [0.1, 0.15) is 16.2 Å². The fourth-order valence-corrected chi connectivity index (χ4v) is 4.24. The number of nitrogens with one attached hydrogen (secondary N) is 1. The number of pyridine rings is 2. The second-order valence-electron chi connectivity index (χ2n) is 8.05. The summed E-state index contributed by atoms with van der Waals surface area (Å²) < 4.78 is 11.6. The fraction of sp³-hybridized carbons (Fsp3) is 0.0741. The number of anilines is 1. The van der Waals surface area contributed by atoms with E-state index >= 15 is 0 Å². The van der Waals surface area contributed by atoms with Crippen LogP contribution < -0.4 is 11.1 Å². The van der Waals surface area contributed by atoms with Crippen molar-refractivity contribution in [2.75, 3.05) is 12.0 Å². The van der Waals surface area contributed by atoms with Crippen LogP contribution in [0.3, 0.4) is 0 Å². The molecule has 5 rings (SSSR count). The van der Waals surface area contributed by atoms with Crippen molar-refractivity contribution >= 4 is 33.8 Å². The molecule has 0 spiro atoms. The lowest BCUT2D eigenvalue weighted by atomic mass is 10.0. The molecule has 5 aromatic rings. The number of nitrogen functional groups attached to an aromatic ring is 1. The van der Waals surface area contributed by atoms with Crippen LogP contribution in [0, 0.1) is 0 Å². The summed E-state index contributed by atoms with van der Waals surface area (Å²) in [6.07, 6.45) is 4.86. The average Bonchev–Trinajstić information content (AvgIpc) is 2.92. The smallest absolute Gasteiger partial charge is 0.274 e. The van der Waals surface area contributed by atoms with Crippen molar-refractivity contribution in [1.82, 2.24) is 25.3 Å². The lowest BCUT2D eigenvalue weighted by molar-refractivity contribution is 0.0946. The first kappa shape index (κ1) is 23.4. The molecule has 8 nitrogen and oxygen atoms in total. The molecule has 0 fully saturated rings. The van der Waals surface area contributed by atoms with Gasteiger partial charge in [0.25, 0.3) is 5.91 Å². The van der Waals surface area contributed by atoms with Crippen molar-refractivity contribution in [3.8, 4) is 22.5 Å². The highest BCUT2D eigenvalue weighted by Gasteiger charge is 2.20. The highest BCUT2D eigenvalue weighted by Crippen LogP contribution is 2.32. The van der Waals surface area contributed by atoms with Gasteiger partial charge in [0.1, 0.15) is 6.26 Å². The van der Waals surface area contributed by atoms with Gasteiger partial charge in [0.15, 0.2) is 16.4 Å². The molecule has 9 heteroatoms. The molecule has 1 amide bonds. The number of nitrogens with zero attached hydrogens (tertiary/aromatic N) is 4. The first-order valence-electron chi connectivity index (χ1n) is 11.1. The molecule has 3 heterocycles. The zero-order valence-corrected chi connectivity index (χ0v) is 20.2. The minimum absolute atomic E-state index is 0.0299. The molecule has 178 valence electrons. The van der Waals surface area contributed by atoms with Crippen LogP contribution in [0.5, 0.6) is 0 Å². The number of nitrogens with two attached hydrogens (primary N) is 1. The van der Waals surface area contributed by atoms with E-state index in [1.54, 1.807) is 24.6 Å². The van der Waals surface area contributed by atoms with E-state index in [0.717, 1.165) is 22.0 Å². The van der Waals surface area contributed by atoms with E-state index in [2.05, 4.69) is 20.3 Å². The first-order chi connectivity index (χ1) is 17.5. The van der Waals surface area contributed by atoms with Crippen LogP contribution >= 0.6 is 0 Å². The molecule has 3 N–H and O–H groups in total. The lowest BCUT2D eigenvalue weighted by Gasteiger charge is -2.14. The molecule has 0 aliphatic carbocycles. The van der Waals surface area contributed by atoms with Crippen molar-refractivity contribution in [2.45, 2.75) is 11.4 Å². The van der Waals surface area contributed by atoms with Gasteiger partial charge < -0.3 is 15.6 Å². The van der Waals surface area contributed by atoms with E-state index in [0.29, 0.717) is 22.0 Å². The minimum atomic E-state index is -1.12. The largest absolute Gasteiger partial charge is 0.612 e. The maximum atomic E-state index is 13.1. The summed E-state index contributed by atoms with van der Waals surface area (Å²) in [5.74, 6) is -0.435. The SMILES string of the molecule is C[S+]([O-])c1ccc(CNC(=O)c2nc(-c3ccc4ncccc4c3)c(-c3ccccc3)nc2N)nc1. The van der Waals surface area contributed by atoms with Crippen molar-refractivity contribution in [3.63, 3.8) is 0 Å². The molecule has 0 saturated heterocycles. The zero-order valence-electron chi connectivity index (χ0n) is 19.4. The van der Waals surface area contributed by atoms with E-state index in [1.165, 1.54) is 6.20 Å². The minimum Gasteiger partial charge on any atom is -0.612 e. The van der Waals surface area contributed by atoms with E-state index in [1.807, 2.05) is 60.7 Å². The summed E-state index contributed by atoms with van der Waals surface area (Å²) in [5.41, 5.74) is 10.5. The van der Waals surface area contributed by atoms with Gasteiger partial charge in [-0.3, -0.25) is 14.8 Å². The normalized spacial score (nSPS) is 11.8. The van der Waals surface area contributed by atoms with Gasteiger partial charge in [0.2, 0.25) is 0 Å². The number of carbonyl (C=O) groups excluding carboxylic acids is 1. The molecule has 0 aliphatic rings. The fourth-order valence-electron chi connectivity index (χ4n) is 3.78. The third-order valence-corrected chi connectivity index (χ3v) is 6.53. The molecule has 0 bridgehead atoms. The zero-order chi connectivity index (χ0) is 25.1. The van der Waals surface area contributed by atoms with Gasteiger partial charge in [0.05, 0.1) is 35.3 Å². The standard InChI is InChI=1S/C27H22N6O2S/c1-36(35)21-11-10-20(30-16-21)15-31-27(34)25-26(28)33-23(17-6-3-2-4-7-17)24(32-25)19-9-12-22-18(14-19)8-5-13-29-22/h2-14,16H,15H2,1H3,(H2,28,33)(H,31,34). The number of aromatic nitrogens is 4. The Morgan fingerprint density at radius 1 is 0.944 bits per heavy atom. The molecular weight excluding hydrogens is 472 g/mol. The molecule has 0 saturated carbocycles. The second kappa shape index (κ2) is 10.1. The van der Waals surface area contributed by atoms with Gasteiger partial charge in [-0.25, -0.2) is 9.97 Å². The Hall–Kier alpha value is -4.34. The van der Waals surface area contributed by atoms with Crippen LogP contribution in [-0.4, -0.2) is 36.7 Å². The van der Waals surface area contributed by atoms with Crippen LogP contribution in [0.25, 0.3) is 33.4 Å². The average molecular weight is 495 g/mol. The monoisotopic (exact) mass is 494 g/mol. The Bertz CT molecular complexity index is 1540. The summed E-state index contributed by atoms with van der Waals surface area (Å²) in [6.45, 7) is 0.161. The third kappa shape index (κ3) is 4.88. The number of hydrogen-bond acceptors (Lipinski definition) is 7. The molecule has 36 heavy (non-hydrogen) atoms. The van der Waals surface area contributed by atoms with Crippen molar-refractivity contribution in [3.05, 3.63) is 96.6 Å². The number of rotatable bonds is 6. The van der Waals surface area contributed by atoms with Gasteiger partial charge in [-0.05, 0) is 41.5 Å². The second-order valence-corrected chi connectivity index (χ2v) is 9.43. The number of carbonyl (C=O) groups is 1. The Labute approximate surface area is 210 Å². The number of benzene rings is 2. The summed E-state index contributed by atoms with van der Waals surface area (Å²) in [4.78, 5) is 31.6. The van der Waals surface area contributed by atoms with E-state index in [9.17, 15) is 9.35 Å². The number of fused-ring (bicyclic) bond motifs is 1. The van der Waals surface area contributed by atoms with E-state index < -0.39 is 17.1 Å². The number of hydrogen-bond donors (Lipinski definition) is 2. The molecule has 2 aromatic carbocycles. The molecule has 0 aliphatic heterocycles. The summed E-state index contributed by atoms with van der Waals surface area (Å²) in [7, 11) is 0. The van der Waals surface area contributed by atoms with E-state index in [4.69, 9.17) is 10.7 Å². The van der Waals surface area contributed by atoms with Gasteiger partial charge >= 0.3 is 0 Å². The predicted octanol–water partition coefficient (Wildman–Crippen LogP) is 4.00. The molecule has 1 atom stereocenters. The van der Waals surface area contributed by atoms with Gasteiger partial charge in [0, 0.05) is 22.7 Å². The lowest BCUT2D eigenvalue weighted by Crippen LogP contribution is -2.26. The van der Waals surface area contributed by atoms with Crippen molar-refractivity contribution in [1.29, 1.82) is 0 Å². The summed E-state index contributed by atoms with van der Waals surface area (Å²) in [6, 6.07) is 22.7. The molecule has 0 radical (unpaired) electrons. The van der Waals surface area contributed by atoms with Crippen LogP contribution in [0.4, 0.5) is 5.82 Å². The van der Waals surface area contributed by atoms with Crippen LogP contribution in [-0.2, 0) is 17.7 Å².